The fraction of sp³-hybridized carbons (Fsp3) is 0.227. The fourth-order valence-corrected chi connectivity index (χ4v) is 3.32. The van der Waals surface area contributed by atoms with Crippen molar-refractivity contribution in [3.63, 3.8) is 0 Å². The van der Waals surface area contributed by atoms with Crippen LogP contribution < -0.4 is 4.90 Å². The van der Waals surface area contributed by atoms with Crippen LogP contribution in [0.25, 0.3) is 5.69 Å². The molecule has 3 nitrogen and oxygen atoms in total. The van der Waals surface area contributed by atoms with E-state index in [9.17, 15) is 9.18 Å². The second-order valence-electron chi connectivity index (χ2n) is 6.37. The van der Waals surface area contributed by atoms with E-state index in [2.05, 4.69) is 4.90 Å². The fourth-order valence-electron chi connectivity index (χ4n) is 3.32. The van der Waals surface area contributed by atoms with Gasteiger partial charge in [-0.25, -0.2) is 4.39 Å². The molecule has 0 radical (unpaired) electrons. The van der Waals surface area contributed by atoms with E-state index in [4.69, 9.17) is 0 Å². The molecule has 1 aromatic heterocycles. The number of halogens is 1. The van der Waals surface area contributed by atoms with Crippen molar-refractivity contribution in [1.82, 2.24) is 4.57 Å². The molecule has 0 saturated carbocycles. The second kappa shape index (κ2) is 7.56. The van der Waals surface area contributed by atoms with Crippen LogP contribution in [0.15, 0.2) is 60.7 Å². The molecule has 0 amide bonds. The summed E-state index contributed by atoms with van der Waals surface area (Å²) >= 11 is 0. The van der Waals surface area contributed by atoms with Crippen LogP contribution in [0.1, 0.15) is 28.7 Å². The summed E-state index contributed by atoms with van der Waals surface area (Å²) in [6, 6.07) is 18.2. The van der Waals surface area contributed by atoms with Gasteiger partial charge in [0.05, 0.1) is 6.54 Å². The Morgan fingerprint density at radius 3 is 2.31 bits per heavy atom. The van der Waals surface area contributed by atoms with Crippen LogP contribution in [0, 0.1) is 19.7 Å². The average molecular weight is 350 g/mol. The van der Waals surface area contributed by atoms with Crippen molar-refractivity contribution in [2.24, 2.45) is 0 Å². The molecule has 3 rings (SSSR count). The lowest BCUT2D eigenvalue weighted by atomic mass is 10.1. The summed E-state index contributed by atoms with van der Waals surface area (Å²) in [7, 11) is 0. The zero-order valence-corrected chi connectivity index (χ0v) is 15.4. The van der Waals surface area contributed by atoms with Gasteiger partial charge in [-0.3, -0.25) is 4.79 Å². The largest absolute Gasteiger partial charge is 0.364 e. The number of rotatable bonds is 6. The van der Waals surface area contributed by atoms with Crippen LogP contribution in [0.5, 0.6) is 0 Å². The van der Waals surface area contributed by atoms with Crippen LogP contribution in [-0.2, 0) is 0 Å². The Hall–Kier alpha value is -2.88. The summed E-state index contributed by atoms with van der Waals surface area (Å²) in [4.78, 5) is 15.0. The summed E-state index contributed by atoms with van der Waals surface area (Å²) in [5.74, 6) is -0.189. The van der Waals surface area contributed by atoms with Gasteiger partial charge in [0.25, 0.3) is 0 Å². The van der Waals surface area contributed by atoms with Gasteiger partial charge in [0.15, 0.2) is 5.78 Å². The molecule has 0 N–H and O–H groups in total. The number of likely N-dealkylation sites (N-methyl/N-ethyl adjacent to an activating group) is 1. The number of hydrogen-bond donors (Lipinski definition) is 0. The molecule has 0 fully saturated rings. The predicted octanol–water partition coefficient (Wildman–Crippen LogP) is 4.94. The molecule has 0 saturated heterocycles. The van der Waals surface area contributed by atoms with Gasteiger partial charge in [-0.05, 0) is 63.2 Å². The van der Waals surface area contributed by atoms with Crippen molar-refractivity contribution >= 4 is 11.5 Å². The van der Waals surface area contributed by atoms with E-state index in [1.165, 1.54) is 12.1 Å². The topological polar surface area (TPSA) is 25.2 Å². The third-order valence-electron chi connectivity index (χ3n) is 4.65. The quantitative estimate of drug-likeness (QED) is 0.588. The lowest BCUT2D eigenvalue weighted by molar-refractivity contribution is 0.0998. The Balaban J connectivity index is 1.88. The number of carbonyl (C=O) groups is 1. The van der Waals surface area contributed by atoms with Crippen LogP contribution in [0.4, 0.5) is 10.1 Å². The van der Waals surface area contributed by atoms with Gasteiger partial charge in [0.2, 0.25) is 0 Å². The van der Waals surface area contributed by atoms with Crippen LogP contribution in [0.2, 0.25) is 0 Å². The maximum absolute atomic E-state index is 13.2. The van der Waals surface area contributed by atoms with E-state index in [1.54, 1.807) is 12.1 Å². The minimum Gasteiger partial charge on any atom is -0.364 e. The van der Waals surface area contributed by atoms with Crippen LogP contribution in [0.3, 0.4) is 0 Å². The maximum Gasteiger partial charge on any atom is 0.183 e. The molecular weight excluding hydrogens is 327 g/mol. The molecule has 3 aromatic rings. The van der Waals surface area contributed by atoms with Gasteiger partial charge in [-0.15, -0.1) is 0 Å². The predicted molar refractivity (Wildman–Crippen MR) is 104 cm³/mol. The van der Waals surface area contributed by atoms with Crippen molar-refractivity contribution in [1.29, 1.82) is 0 Å². The Morgan fingerprint density at radius 1 is 1.04 bits per heavy atom. The number of carbonyl (C=O) groups excluding carboxylic acids is 1. The molecule has 0 bridgehead atoms. The monoisotopic (exact) mass is 350 g/mol. The standard InChI is InChI=1S/C22H23FN2O/c1-4-24(19-8-6-5-7-9-19)15-22(26)21-14-16(2)25(17(21)3)20-12-10-18(23)11-13-20/h5-14H,4,15H2,1-3H3. The van der Waals surface area contributed by atoms with Gasteiger partial charge in [-0.2, -0.15) is 0 Å². The molecule has 0 unspecified atom stereocenters. The maximum atomic E-state index is 13.2. The van der Waals surface area contributed by atoms with Gasteiger partial charge in [0, 0.05) is 34.9 Å². The minimum absolute atomic E-state index is 0.0807. The van der Waals surface area contributed by atoms with Gasteiger partial charge >= 0.3 is 0 Å². The number of aromatic nitrogens is 1. The molecule has 0 atom stereocenters. The first-order valence-electron chi connectivity index (χ1n) is 8.79. The third-order valence-corrected chi connectivity index (χ3v) is 4.65. The summed E-state index contributed by atoms with van der Waals surface area (Å²) < 4.78 is 15.2. The number of nitrogens with zero attached hydrogens (tertiary/aromatic N) is 2. The third kappa shape index (κ3) is 3.54. The summed E-state index contributed by atoms with van der Waals surface area (Å²) in [5, 5.41) is 0. The Labute approximate surface area is 153 Å². The first-order valence-corrected chi connectivity index (χ1v) is 8.79. The molecule has 1 heterocycles. The summed E-state index contributed by atoms with van der Waals surface area (Å²) in [6.45, 7) is 7.02. The molecule has 134 valence electrons. The number of ketones is 1. The SMILES string of the molecule is CCN(CC(=O)c1cc(C)n(-c2ccc(F)cc2)c1C)c1ccccc1. The highest BCUT2D eigenvalue weighted by Crippen LogP contribution is 2.22. The first-order chi connectivity index (χ1) is 12.5. The number of aryl methyl sites for hydroxylation is 1. The zero-order valence-electron chi connectivity index (χ0n) is 15.4. The molecule has 0 aliphatic heterocycles. The van der Waals surface area contributed by atoms with Crippen LogP contribution >= 0.6 is 0 Å². The van der Waals surface area contributed by atoms with E-state index in [0.717, 1.165) is 29.3 Å². The normalized spacial score (nSPS) is 10.8. The zero-order chi connectivity index (χ0) is 18.7. The highest BCUT2D eigenvalue weighted by Gasteiger charge is 2.19. The van der Waals surface area contributed by atoms with Gasteiger partial charge < -0.3 is 9.47 Å². The van der Waals surface area contributed by atoms with Crippen molar-refractivity contribution in [3.05, 3.63) is 83.4 Å². The number of benzene rings is 2. The van der Waals surface area contributed by atoms with E-state index in [1.807, 2.05) is 61.7 Å². The molecule has 0 aliphatic carbocycles. The average Bonchev–Trinajstić information content (AvgIpc) is 2.95. The van der Waals surface area contributed by atoms with E-state index in [0.29, 0.717) is 12.1 Å². The van der Waals surface area contributed by atoms with Crippen molar-refractivity contribution in [2.75, 3.05) is 18.0 Å². The summed E-state index contributed by atoms with van der Waals surface area (Å²) in [6.07, 6.45) is 0. The van der Waals surface area contributed by atoms with Crippen molar-refractivity contribution < 1.29 is 9.18 Å². The second-order valence-corrected chi connectivity index (χ2v) is 6.37. The molecule has 2 aromatic carbocycles. The minimum atomic E-state index is -0.269. The van der Waals surface area contributed by atoms with Crippen LogP contribution in [-0.4, -0.2) is 23.4 Å². The molecular formula is C22H23FN2O. The lowest BCUT2D eigenvalue weighted by Crippen LogP contribution is -2.29. The Kier molecular flexibility index (Phi) is 5.21. The number of Topliss-reactive ketones (excluding diaryl/α,β-unsaturated/α-hetero) is 1. The molecule has 0 aliphatic rings. The lowest BCUT2D eigenvalue weighted by Gasteiger charge is -2.22. The molecule has 26 heavy (non-hydrogen) atoms. The van der Waals surface area contributed by atoms with E-state index in [-0.39, 0.29) is 11.6 Å². The Morgan fingerprint density at radius 2 is 1.69 bits per heavy atom. The summed E-state index contributed by atoms with van der Waals surface area (Å²) in [5.41, 5.74) is 4.44. The first kappa shape index (κ1) is 17.9. The number of hydrogen-bond acceptors (Lipinski definition) is 2. The van der Waals surface area contributed by atoms with E-state index >= 15 is 0 Å². The molecule has 0 spiro atoms. The number of anilines is 1. The molecule has 4 heteroatoms. The van der Waals surface area contributed by atoms with Crippen molar-refractivity contribution in [3.8, 4) is 5.69 Å². The van der Waals surface area contributed by atoms with Gasteiger partial charge in [-0.1, -0.05) is 18.2 Å². The number of para-hydroxylation sites is 1. The van der Waals surface area contributed by atoms with Crippen molar-refractivity contribution in [2.45, 2.75) is 20.8 Å². The Bertz CT molecular complexity index is 898. The smallest absolute Gasteiger partial charge is 0.183 e. The van der Waals surface area contributed by atoms with E-state index < -0.39 is 0 Å². The highest BCUT2D eigenvalue weighted by atomic mass is 19.1. The highest BCUT2D eigenvalue weighted by molar-refractivity contribution is 6.00. The van der Waals surface area contributed by atoms with Gasteiger partial charge in [0.1, 0.15) is 5.82 Å².